The molecule has 1 saturated carbocycles. The Hall–Kier alpha value is -1.46. The van der Waals surface area contributed by atoms with Crippen molar-refractivity contribution < 1.29 is 14.3 Å². The minimum atomic E-state index is -0.268. The maximum Gasteiger partial charge on any atom is 0.339 e. The molecule has 0 aromatic carbocycles. The average Bonchev–Trinajstić information content (AvgIpc) is 2.59. The van der Waals surface area contributed by atoms with Gasteiger partial charge in [0.1, 0.15) is 0 Å². The minimum absolute atomic E-state index is 0.268. The van der Waals surface area contributed by atoms with Crippen molar-refractivity contribution in [3.05, 3.63) is 29.1 Å². The number of carbonyl (C=O) groups excluding carboxylic acids is 1. The molecule has 1 aromatic rings. The first kappa shape index (κ1) is 16.0. The lowest BCUT2D eigenvalue weighted by molar-refractivity contribution is -0.0793. The molecule has 1 spiro atoms. The Kier molecular flexibility index (Phi) is 4.31. The number of pyridine rings is 1. The molecule has 0 unspecified atom stereocenters. The predicted molar refractivity (Wildman–Crippen MR) is 89.8 cm³/mol. The van der Waals surface area contributed by atoms with Gasteiger partial charge in [-0.05, 0) is 56.1 Å². The third-order valence-corrected chi connectivity index (χ3v) is 6.00. The highest BCUT2D eigenvalue weighted by Gasteiger charge is 2.47. The Bertz CT molecular complexity index is 617. The van der Waals surface area contributed by atoms with Crippen LogP contribution in [0.25, 0.3) is 0 Å². The Labute approximate surface area is 143 Å². The van der Waals surface area contributed by atoms with Crippen LogP contribution in [0.1, 0.15) is 54.2 Å². The molecule has 5 heteroatoms. The van der Waals surface area contributed by atoms with Crippen LogP contribution in [0.3, 0.4) is 0 Å². The summed E-state index contributed by atoms with van der Waals surface area (Å²) in [5, 5.41) is 0. The van der Waals surface area contributed by atoms with Gasteiger partial charge in [0, 0.05) is 38.5 Å². The first-order valence-electron chi connectivity index (χ1n) is 9.16. The lowest BCUT2D eigenvalue weighted by Gasteiger charge is -2.54. The van der Waals surface area contributed by atoms with Gasteiger partial charge in [-0.2, -0.15) is 0 Å². The molecule has 0 radical (unpaired) electrons. The van der Waals surface area contributed by atoms with Crippen molar-refractivity contribution in [3.63, 3.8) is 0 Å². The number of hydrogen-bond acceptors (Lipinski definition) is 5. The highest BCUT2D eigenvalue weighted by Crippen LogP contribution is 2.51. The van der Waals surface area contributed by atoms with Crippen LogP contribution in [-0.4, -0.2) is 48.3 Å². The molecule has 2 aliphatic heterocycles. The smallest absolute Gasteiger partial charge is 0.339 e. The van der Waals surface area contributed by atoms with E-state index < -0.39 is 0 Å². The fraction of sp³-hybridized carbons (Fsp3) is 0.684. The van der Waals surface area contributed by atoms with Gasteiger partial charge in [0.05, 0.1) is 17.9 Å². The second kappa shape index (κ2) is 6.45. The van der Waals surface area contributed by atoms with E-state index in [2.05, 4.69) is 9.88 Å². The fourth-order valence-electron chi connectivity index (χ4n) is 4.48. The molecule has 3 aliphatic rings. The van der Waals surface area contributed by atoms with Crippen LogP contribution < -0.4 is 0 Å². The molecule has 2 fully saturated rings. The van der Waals surface area contributed by atoms with Gasteiger partial charge >= 0.3 is 5.97 Å². The first-order chi connectivity index (χ1) is 11.7. The largest absolute Gasteiger partial charge is 0.462 e. The van der Waals surface area contributed by atoms with Gasteiger partial charge in [-0.25, -0.2) is 4.79 Å². The van der Waals surface area contributed by atoms with Gasteiger partial charge in [0.2, 0.25) is 0 Å². The summed E-state index contributed by atoms with van der Waals surface area (Å²) in [5.74, 6) is -0.268. The van der Waals surface area contributed by atoms with Crippen LogP contribution in [0.5, 0.6) is 0 Å². The van der Waals surface area contributed by atoms with E-state index in [1.807, 2.05) is 13.0 Å². The topological polar surface area (TPSA) is 51.7 Å². The molecule has 1 aliphatic carbocycles. The van der Waals surface area contributed by atoms with Crippen molar-refractivity contribution in [2.24, 2.45) is 5.41 Å². The van der Waals surface area contributed by atoms with E-state index >= 15 is 0 Å². The fourth-order valence-corrected chi connectivity index (χ4v) is 4.48. The molecular weight excluding hydrogens is 304 g/mol. The van der Waals surface area contributed by atoms with Gasteiger partial charge in [0.25, 0.3) is 0 Å². The van der Waals surface area contributed by atoms with Crippen LogP contribution in [0.15, 0.2) is 12.3 Å². The van der Waals surface area contributed by atoms with Crippen molar-refractivity contribution >= 4 is 5.97 Å². The second-order valence-corrected chi connectivity index (χ2v) is 7.45. The first-order valence-corrected chi connectivity index (χ1v) is 9.16. The normalized spacial score (nSPS) is 23.5. The number of esters is 1. The Morgan fingerprint density at radius 1 is 1.42 bits per heavy atom. The van der Waals surface area contributed by atoms with Crippen LogP contribution in [0, 0.1) is 5.41 Å². The molecule has 0 N–H and O–H groups in total. The number of aromatic nitrogens is 1. The molecule has 24 heavy (non-hydrogen) atoms. The number of nitrogens with zero attached hydrogens (tertiary/aromatic N) is 2. The summed E-state index contributed by atoms with van der Waals surface area (Å²) >= 11 is 0. The van der Waals surface area contributed by atoms with Crippen molar-refractivity contribution in [2.75, 3.05) is 26.4 Å². The average molecular weight is 330 g/mol. The quantitative estimate of drug-likeness (QED) is 0.797. The van der Waals surface area contributed by atoms with E-state index in [4.69, 9.17) is 9.47 Å². The van der Waals surface area contributed by atoms with Crippen molar-refractivity contribution in [1.82, 2.24) is 9.88 Å². The van der Waals surface area contributed by atoms with Gasteiger partial charge in [-0.3, -0.25) is 9.88 Å². The van der Waals surface area contributed by atoms with Crippen molar-refractivity contribution in [1.29, 1.82) is 0 Å². The van der Waals surface area contributed by atoms with Crippen molar-refractivity contribution in [2.45, 2.75) is 51.6 Å². The molecule has 1 aromatic heterocycles. The summed E-state index contributed by atoms with van der Waals surface area (Å²) in [6, 6.07) is 2.67. The molecule has 4 rings (SSSR count). The van der Waals surface area contributed by atoms with E-state index in [9.17, 15) is 4.79 Å². The molecule has 0 atom stereocenters. The minimum Gasteiger partial charge on any atom is -0.462 e. The van der Waals surface area contributed by atoms with E-state index in [0.29, 0.717) is 23.6 Å². The monoisotopic (exact) mass is 330 g/mol. The van der Waals surface area contributed by atoms with Crippen LogP contribution in [0.4, 0.5) is 0 Å². The summed E-state index contributed by atoms with van der Waals surface area (Å²) in [6.45, 7) is 6.08. The third-order valence-electron chi connectivity index (χ3n) is 6.00. The molecule has 0 bridgehead atoms. The van der Waals surface area contributed by atoms with Crippen molar-refractivity contribution in [3.8, 4) is 0 Å². The Morgan fingerprint density at radius 3 is 2.96 bits per heavy atom. The van der Waals surface area contributed by atoms with Gasteiger partial charge in [-0.1, -0.05) is 0 Å². The SMILES string of the molecule is CCOC(=O)c1cnc2c(c1)CCN(C1CC3(CCOCC3)C1)C2. The van der Waals surface area contributed by atoms with E-state index in [1.54, 1.807) is 6.20 Å². The summed E-state index contributed by atoms with van der Waals surface area (Å²) in [4.78, 5) is 19.0. The lowest BCUT2D eigenvalue weighted by Crippen LogP contribution is -2.54. The van der Waals surface area contributed by atoms with E-state index in [-0.39, 0.29) is 5.97 Å². The summed E-state index contributed by atoms with van der Waals surface area (Å²) in [5.41, 5.74) is 3.47. The maximum absolute atomic E-state index is 11.8. The number of fused-ring (bicyclic) bond motifs is 1. The highest BCUT2D eigenvalue weighted by molar-refractivity contribution is 5.89. The van der Waals surface area contributed by atoms with Gasteiger partial charge < -0.3 is 9.47 Å². The van der Waals surface area contributed by atoms with Gasteiger partial charge in [0.15, 0.2) is 0 Å². The second-order valence-electron chi connectivity index (χ2n) is 7.45. The maximum atomic E-state index is 11.8. The zero-order chi connectivity index (χ0) is 16.6. The number of ether oxygens (including phenoxy) is 2. The van der Waals surface area contributed by atoms with E-state index in [1.165, 1.54) is 31.2 Å². The highest BCUT2D eigenvalue weighted by atomic mass is 16.5. The summed E-state index contributed by atoms with van der Waals surface area (Å²) < 4.78 is 10.6. The summed E-state index contributed by atoms with van der Waals surface area (Å²) in [7, 11) is 0. The van der Waals surface area contributed by atoms with Crippen LogP contribution in [0.2, 0.25) is 0 Å². The Morgan fingerprint density at radius 2 is 2.21 bits per heavy atom. The molecular formula is C19H26N2O3. The molecule has 3 heterocycles. The molecule has 0 amide bonds. The zero-order valence-electron chi connectivity index (χ0n) is 14.4. The Balaban J connectivity index is 1.39. The standard InChI is InChI=1S/C19H26N2O3/c1-2-24-18(22)15-9-14-3-6-21(13-17(14)20-12-15)16-10-19(11-16)4-7-23-8-5-19/h9,12,16H,2-8,10-11,13H2,1H3. The zero-order valence-corrected chi connectivity index (χ0v) is 14.4. The summed E-state index contributed by atoms with van der Waals surface area (Å²) in [6.07, 6.45) is 7.73. The molecule has 130 valence electrons. The molecule has 1 saturated heterocycles. The van der Waals surface area contributed by atoms with E-state index in [0.717, 1.165) is 38.4 Å². The van der Waals surface area contributed by atoms with Crippen LogP contribution in [-0.2, 0) is 22.4 Å². The number of rotatable bonds is 3. The van der Waals surface area contributed by atoms with Gasteiger partial charge in [-0.15, -0.1) is 0 Å². The molecule has 5 nitrogen and oxygen atoms in total. The van der Waals surface area contributed by atoms with Crippen LogP contribution >= 0.6 is 0 Å². The predicted octanol–water partition coefficient (Wildman–Crippen LogP) is 2.58. The number of carbonyl (C=O) groups is 1. The number of hydrogen-bond donors (Lipinski definition) is 0. The third kappa shape index (κ3) is 2.95. The lowest BCUT2D eigenvalue weighted by atomic mass is 9.60.